The topological polar surface area (TPSA) is 3.24 Å². The van der Waals surface area contributed by atoms with E-state index in [0.717, 1.165) is 13.1 Å². The van der Waals surface area contributed by atoms with Gasteiger partial charge in [0.05, 0.1) is 0 Å². The zero-order chi connectivity index (χ0) is 5.70. The minimum absolute atomic E-state index is 1.00. The molecule has 0 aliphatic rings. The lowest BCUT2D eigenvalue weighted by atomic mass is 10.3. The first-order chi connectivity index (χ1) is 3.35. The van der Waals surface area contributed by atoms with Crippen LogP contribution in [0.4, 0.5) is 0 Å². The van der Waals surface area contributed by atoms with E-state index < -0.39 is 0 Å². The van der Waals surface area contributed by atoms with Crippen LogP contribution in [0.2, 0.25) is 0 Å². The highest BCUT2D eigenvalue weighted by atomic mass is 35.5. The lowest BCUT2D eigenvalue weighted by Gasteiger charge is -2.10. The molecular weight excluding hydrogens is 108 g/mol. The SMILES string of the molecule is CCN([B]Cl)CC. The Morgan fingerprint density at radius 3 is 1.86 bits per heavy atom. The van der Waals surface area contributed by atoms with Gasteiger partial charge in [0.25, 0.3) is 0 Å². The molecule has 0 unspecified atom stereocenters. The van der Waals surface area contributed by atoms with Gasteiger partial charge in [0.1, 0.15) is 0 Å². The fourth-order valence-corrected chi connectivity index (χ4v) is 0.638. The predicted molar refractivity (Wildman–Crippen MR) is 34.5 cm³/mol. The van der Waals surface area contributed by atoms with E-state index in [0.29, 0.717) is 0 Å². The molecule has 1 nitrogen and oxygen atoms in total. The molecule has 0 fully saturated rings. The van der Waals surface area contributed by atoms with E-state index in [1.54, 1.807) is 6.83 Å². The Morgan fingerprint density at radius 2 is 1.86 bits per heavy atom. The van der Waals surface area contributed by atoms with Crippen molar-refractivity contribution in [3.63, 3.8) is 0 Å². The van der Waals surface area contributed by atoms with Gasteiger partial charge in [-0.1, -0.05) is 13.8 Å². The van der Waals surface area contributed by atoms with Crippen molar-refractivity contribution in [2.24, 2.45) is 0 Å². The second-order valence-corrected chi connectivity index (χ2v) is 1.51. The normalized spacial score (nSPS) is 9.71. The van der Waals surface area contributed by atoms with E-state index >= 15 is 0 Å². The number of hydrogen-bond acceptors (Lipinski definition) is 1. The quantitative estimate of drug-likeness (QED) is 0.502. The summed E-state index contributed by atoms with van der Waals surface area (Å²) in [6.45, 7) is 7.73. The van der Waals surface area contributed by atoms with Crippen LogP contribution in [0.5, 0.6) is 0 Å². The summed E-state index contributed by atoms with van der Waals surface area (Å²) in [6.07, 6.45) is 0. The Kier molecular flexibility index (Phi) is 4.67. The highest BCUT2D eigenvalue weighted by molar-refractivity contribution is 6.92. The molecule has 0 aromatic carbocycles. The molecule has 0 atom stereocenters. The minimum Gasteiger partial charge on any atom is -0.332 e. The second kappa shape index (κ2) is 4.47. The molecule has 0 spiro atoms. The van der Waals surface area contributed by atoms with E-state index in [1.165, 1.54) is 0 Å². The predicted octanol–water partition coefficient (Wildman–Crippen LogP) is 1.10. The average molecular weight is 118 g/mol. The van der Waals surface area contributed by atoms with Gasteiger partial charge < -0.3 is 4.81 Å². The molecule has 0 bridgehead atoms. The Morgan fingerprint density at radius 1 is 1.43 bits per heavy atom. The molecule has 0 aliphatic carbocycles. The molecule has 0 N–H and O–H groups in total. The Balaban J connectivity index is 2.99. The minimum atomic E-state index is 1.00. The third-order valence-corrected chi connectivity index (χ3v) is 1.23. The summed E-state index contributed by atoms with van der Waals surface area (Å²) in [5, 5.41) is 0. The van der Waals surface area contributed by atoms with Gasteiger partial charge in [-0.25, -0.2) is 0 Å². The first-order valence-corrected chi connectivity index (χ1v) is 2.96. The van der Waals surface area contributed by atoms with E-state index in [9.17, 15) is 0 Å². The molecule has 0 aromatic rings. The maximum absolute atomic E-state index is 5.37. The summed E-state index contributed by atoms with van der Waals surface area (Å²) in [5.41, 5.74) is 0. The lowest BCUT2D eigenvalue weighted by molar-refractivity contribution is 0.502. The molecule has 3 heteroatoms. The first kappa shape index (κ1) is 7.31. The van der Waals surface area contributed by atoms with Gasteiger partial charge in [-0.3, -0.25) is 0 Å². The monoisotopic (exact) mass is 118 g/mol. The maximum Gasteiger partial charge on any atom is 0.335 e. The molecule has 0 saturated heterocycles. The van der Waals surface area contributed by atoms with E-state index in [1.807, 2.05) is 4.81 Å². The van der Waals surface area contributed by atoms with Crippen molar-refractivity contribution < 1.29 is 0 Å². The van der Waals surface area contributed by atoms with Gasteiger partial charge in [-0.05, 0) is 13.1 Å². The van der Waals surface area contributed by atoms with Gasteiger partial charge in [0.2, 0.25) is 0 Å². The molecule has 0 rings (SSSR count). The lowest BCUT2D eigenvalue weighted by Crippen LogP contribution is -2.23. The first-order valence-electron chi connectivity index (χ1n) is 2.52. The fourth-order valence-electron chi connectivity index (χ4n) is 0.362. The van der Waals surface area contributed by atoms with Crippen LogP contribution in [0.15, 0.2) is 0 Å². The number of nitrogens with zero attached hydrogens (tertiary/aromatic N) is 1. The van der Waals surface area contributed by atoms with E-state index in [2.05, 4.69) is 13.8 Å². The van der Waals surface area contributed by atoms with E-state index in [-0.39, 0.29) is 0 Å². The smallest absolute Gasteiger partial charge is 0.332 e. The summed E-state index contributed by atoms with van der Waals surface area (Å²) in [7, 11) is 0. The molecule has 0 heterocycles. The molecule has 7 heavy (non-hydrogen) atoms. The van der Waals surface area contributed by atoms with Crippen molar-refractivity contribution in [1.29, 1.82) is 0 Å². The highest BCUT2D eigenvalue weighted by Gasteiger charge is 1.94. The molecule has 41 valence electrons. The van der Waals surface area contributed by atoms with Gasteiger partial charge in [0, 0.05) is 0 Å². The van der Waals surface area contributed by atoms with E-state index in [4.69, 9.17) is 11.5 Å². The van der Waals surface area contributed by atoms with Crippen molar-refractivity contribution in [3.05, 3.63) is 0 Å². The van der Waals surface area contributed by atoms with Crippen LogP contribution < -0.4 is 0 Å². The molecular formula is C4H10BClN. The standard InChI is InChI=1S/C4H10BClN/c1-3-7(4-2)5-6/h3-4H2,1-2H3. The van der Waals surface area contributed by atoms with Crippen molar-refractivity contribution in [3.8, 4) is 0 Å². The second-order valence-electron chi connectivity index (χ2n) is 1.32. The largest absolute Gasteiger partial charge is 0.335 e. The Bertz CT molecular complexity index is 33.2. The molecule has 0 aromatic heterocycles. The van der Waals surface area contributed by atoms with Crippen LogP contribution in [-0.2, 0) is 0 Å². The Labute approximate surface area is 50.8 Å². The Hall–Kier alpha value is 0.315. The summed E-state index contributed by atoms with van der Waals surface area (Å²) in [5.74, 6) is 0. The zero-order valence-electron chi connectivity index (χ0n) is 4.82. The third-order valence-electron chi connectivity index (χ3n) is 0.950. The van der Waals surface area contributed by atoms with Crippen LogP contribution in [0.25, 0.3) is 0 Å². The highest BCUT2D eigenvalue weighted by Crippen LogP contribution is 1.83. The van der Waals surface area contributed by atoms with Crippen LogP contribution in [0, 0.1) is 0 Å². The van der Waals surface area contributed by atoms with Crippen LogP contribution >= 0.6 is 11.5 Å². The molecule has 1 radical (unpaired) electrons. The maximum atomic E-state index is 5.37. The molecule has 0 amide bonds. The van der Waals surface area contributed by atoms with Crippen molar-refractivity contribution in [2.75, 3.05) is 13.1 Å². The molecule has 0 aliphatic heterocycles. The van der Waals surface area contributed by atoms with Gasteiger partial charge in [0.15, 0.2) is 0 Å². The average Bonchev–Trinajstić information content (AvgIpc) is 1.72. The van der Waals surface area contributed by atoms with Gasteiger partial charge in [-0.15, -0.1) is 0 Å². The van der Waals surface area contributed by atoms with Gasteiger partial charge in [-0.2, -0.15) is 11.5 Å². The van der Waals surface area contributed by atoms with Crippen LogP contribution in [0.1, 0.15) is 13.8 Å². The van der Waals surface area contributed by atoms with Crippen LogP contribution in [0.3, 0.4) is 0 Å². The number of halogens is 1. The number of rotatable bonds is 3. The van der Waals surface area contributed by atoms with Crippen molar-refractivity contribution in [1.82, 2.24) is 4.81 Å². The van der Waals surface area contributed by atoms with Crippen molar-refractivity contribution >= 4 is 18.3 Å². The van der Waals surface area contributed by atoms with Crippen molar-refractivity contribution in [2.45, 2.75) is 13.8 Å². The summed E-state index contributed by atoms with van der Waals surface area (Å²) in [4.78, 5) is 2.02. The molecule has 0 saturated carbocycles. The zero-order valence-corrected chi connectivity index (χ0v) is 5.57. The van der Waals surface area contributed by atoms with Gasteiger partial charge >= 0.3 is 6.83 Å². The van der Waals surface area contributed by atoms with Crippen LogP contribution in [-0.4, -0.2) is 24.7 Å². The summed E-state index contributed by atoms with van der Waals surface area (Å²) >= 11 is 5.37. The summed E-state index contributed by atoms with van der Waals surface area (Å²) < 4.78 is 0. The summed E-state index contributed by atoms with van der Waals surface area (Å²) in [6, 6.07) is 0. The third kappa shape index (κ3) is 2.95. The fraction of sp³-hybridized carbons (Fsp3) is 1.00. The number of hydrogen-bond donors (Lipinski definition) is 0.